The van der Waals surface area contributed by atoms with Gasteiger partial charge in [0.1, 0.15) is 0 Å². The Balaban J connectivity index is 2.39. The molecule has 0 aromatic heterocycles. The standard InChI is InChI=1S/C11H11NO5/c1-11(6-17-11)5-7-4-8(12(15)16)2-3-9(7)10(13)14/h2-4H,5-6H2,1H3,(H,13,14)/t11-/m0/s1. The fourth-order valence-electron chi connectivity index (χ4n) is 1.68. The summed E-state index contributed by atoms with van der Waals surface area (Å²) < 4.78 is 5.17. The summed E-state index contributed by atoms with van der Waals surface area (Å²) in [5.41, 5.74) is 0.0488. The summed E-state index contributed by atoms with van der Waals surface area (Å²) in [6, 6.07) is 3.76. The molecule has 1 saturated heterocycles. The van der Waals surface area contributed by atoms with E-state index >= 15 is 0 Å². The fraction of sp³-hybridized carbons (Fsp3) is 0.364. The Morgan fingerprint density at radius 3 is 2.76 bits per heavy atom. The molecule has 1 heterocycles. The minimum Gasteiger partial charge on any atom is -0.478 e. The smallest absolute Gasteiger partial charge is 0.335 e. The van der Waals surface area contributed by atoms with E-state index in [1.807, 2.05) is 6.92 Å². The molecule has 1 fully saturated rings. The van der Waals surface area contributed by atoms with Crippen molar-refractivity contribution < 1.29 is 19.6 Å². The zero-order valence-electron chi connectivity index (χ0n) is 9.17. The Labute approximate surface area is 97.0 Å². The van der Waals surface area contributed by atoms with Gasteiger partial charge in [0.2, 0.25) is 0 Å². The number of nitro groups is 1. The Morgan fingerprint density at radius 2 is 2.29 bits per heavy atom. The molecule has 0 saturated carbocycles. The number of non-ortho nitro benzene ring substituents is 1. The molecule has 1 atom stereocenters. The van der Waals surface area contributed by atoms with E-state index in [1.54, 1.807) is 0 Å². The first-order valence-corrected chi connectivity index (χ1v) is 5.06. The molecule has 0 bridgehead atoms. The normalized spacial score (nSPS) is 22.2. The molecule has 1 aliphatic heterocycles. The van der Waals surface area contributed by atoms with Crippen molar-refractivity contribution in [2.75, 3.05) is 6.61 Å². The van der Waals surface area contributed by atoms with Crippen molar-refractivity contribution in [3.05, 3.63) is 39.4 Å². The second-order valence-corrected chi connectivity index (χ2v) is 4.32. The molecule has 1 N–H and O–H groups in total. The average Bonchev–Trinajstić information content (AvgIpc) is 2.95. The van der Waals surface area contributed by atoms with E-state index < -0.39 is 10.9 Å². The van der Waals surface area contributed by atoms with Gasteiger partial charge in [-0.05, 0) is 18.6 Å². The van der Waals surface area contributed by atoms with Gasteiger partial charge in [-0.3, -0.25) is 10.1 Å². The number of benzene rings is 1. The minimum atomic E-state index is -1.08. The first-order valence-electron chi connectivity index (χ1n) is 5.06. The molecule has 0 radical (unpaired) electrons. The number of hydrogen-bond acceptors (Lipinski definition) is 4. The van der Waals surface area contributed by atoms with E-state index in [2.05, 4.69) is 0 Å². The van der Waals surface area contributed by atoms with E-state index in [9.17, 15) is 14.9 Å². The molecule has 0 aliphatic carbocycles. The van der Waals surface area contributed by atoms with Gasteiger partial charge in [0, 0.05) is 18.6 Å². The van der Waals surface area contributed by atoms with Gasteiger partial charge in [-0.2, -0.15) is 0 Å². The fourth-order valence-corrected chi connectivity index (χ4v) is 1.68. The number of epoxide rings is 1. The molecule has 1 aliphatic rings. The topological polar surface area (TPSA) is 93.0 Å². The van der Waals surface area contributed by atoms with Gasteiger partial charge in [-0.1, -0.05) is 0 Å². The molecule has 1 aromatic rings. The largest absolute Gasteiger partial charge is 0.478 e. The van der Waals surface area contributed by atoms with Gasteiger partial charge < -0.3 is 9.84 Å². The van der Waals surface area contributed by atoms with Crippen LogP contribution in [0.15, 0.2) is 18.2 Å². The van der Waals surface area contributed by atoms with Crippen molar-refractivity contribution in [1.82, 2.24) is 0 Å². The van der Waals surface area contributed by atoms with E-state index in [4.69, 9.17) is 9.84 Å². The van der Waals surface area contributed by atoms with Gasteiger partial charge in [-0.15, -0.1) is 0 Å². The van der Waals surface area contributed by atoms with Gasteiger partial charge in [-0.25, -0.2) is 4.79 Å². The van der Waals surface area contributed by atoms with Crippen LogP contribution in [0, 0.1) is 10.1 Å². The predicted molar refractivity (Wildman–Crippen MR) is 58.1 cm³/mol. The molecule has 6 nitrogen and oxygen atoms in total. The van der Waals surface area contributed by atoms with Crippen molar-refractivity contribution in [3.63, 3.8) is 0 Å². The van der Waals surface area contributed by atoms with Crippen LogP contribution in [0.5, 0.6) is 0 Å². The van der Waals surface area contributed by atoms with Crippen molar-refractivity contribution in [1.29, 1.82) is 0 Å². The summed E-state index contributed by atoms with van der Waals surface area (Å²) in [7, 11) is 0. The first kappa shape index (κ1) is 11.5. The Kier molecular flexibility index (Phi) is 2.59. The number of hydrogen-bond donors (Lipinski definition) is 1. The third kappa shape index (κ3) is 2.42. The molecule has 0 spiro atoms. The maximum Gasteiger partial charge on any atom is 0.335 e. The summed E-state index contributed by atoms with van der Waals surface area (Å²) in [4.78, 5) is 21.1. The van der Waals surface area contributed by atoms with Crippen LogP contribution in [0.25, 0.3) is 0 Å². The van der Waals surface area contributed by atoms with E-state index in [0.29, 0.717) is 18.6 Å². The number of nitro benzene ring substituents is 1. The SMILES string of the molecule is C[C@]1(Cc2cc([N+](=O)[O-])ccc2C(=O)O)CO1. The maximum absolute atomic E-state index is 11.0. The average molecular weight is 237 g/mol. The second kappa shape index (κ2) is 3.81. The van der Waals surface area contributed by atoms with Crippen LogP contribution in [-0.4, -0.2) is 28.2 Å². The van der Waals surface area contributed by atoms with E-state index in [-0.39, 0.29) is 16.9 Å². The zero-order valence-corrected chi connectivity index (χ0v) is 9.17. The molecule has 17 heavy (non-hydrogen) atoms. The van der Waals surface area contributed by atoms with Crippen LogP contribution in [0.3, 0.4) is 0 Å². The number of aromatic carboxylic acids is 1. The van der Waals surface area contributed by atoms with Crippen molar-refractivity contribution in [2.45, 2.75) is 18.9 Å². The van der Waals surface area contributed by atoms with Crippen LogP contribution >= 0.6 is 0 Å². The maximum atomic E-state index is 11.0. The first-order chi connectivity index (χ1) is 7.91. The number of carboxylic acid groups (broad SMARTS) is 1. The minimum absolute atomic E-state index is 0.0901. The van der Waals surface area contributed by atoms with Crippen LogP contribution < -0.4 is 0 Å². The molecular formula is C11H11NO5. The molecule has 6 heteroatoms. The van der Waals surface area contributed by atoms with Crippen LogP contribution in [0.2, 0.25) is 0 Å². The quantitative estimate of drug-likeness (QED) is 0.488. The van der Waals surface area contributed by atoms with E-state index in [0.717, 1.165) is 0 Å². The summed E-state index contributed by atoms with van der Waals surface area (Å²) in [6.45, 7) is 2.40. The highest BCUT2D eigenvalue weighted by Crippen LogP contribution is 2.32. The van der Waals surface area contributed by atoms with Crippen LogP contribution in [0.1, 0.15) is 22.8 Å². The number of nitrogens with zero attached hydrogens (tertiary/aromatic N) is 1. The number of ether oxygens (including phenoxy) is 1. The second-order valence-electron chi connectivity index (χ2n) is 4.32. The van der Waals surface area contributed by atoms with Gasteiger partial charge >= 0.3 is 5.97 Å². The zero-order chi connectivity index (χ0) is 12.6. The number of carboxylic acids is 1. The van der Waals surface area contributed by atoms with Crippen molar-refractivity contribution >= 4 is 11.7 Å². The van der Waals surface area contributed by atoms with Gasteiger partial charge in [0.05, 0.1) is 22.7 Å². The lowest BCUT2D eigenvalue weighted by molar-refractivity contribution is -0.384. The number of carbonyl (C=O) groups is 1. The molecule has 0 unspecified atom stereocenters. The Morgan fingerprint density at radius 1 is 1.65 bits per heavy atom. The Hall–Kier alpha value is -1.95. The van der Waals surface area contributed by atoms with Crippen molar-refractivity contribution in [2.24, 2.45) is 0 Å². The molecule has 1 aromatic carbocycles. The lowest BCUT2D eigenvalue weighted by Crippen LogP contribution is -2.13. The number of rotatable bonds is 4. The Bertz CT molecular complexity index is 493. The molecule has 90 valence electrons. The molecular weight excluding hydrogens is 226 g/mol. The predicted octanol–water partition coefficient (Wildman–Crippen LogP) is 1.62. The van der Waals surface area contributed by atoms with Gasteiger partial charge in [0.15, 0.2) is 0 Å². The van der Waals surface area contributed by atoms with Crippen molar-refractivity contribution in [3.8, 4) is 0 Å². The summed E-state index contributed by atoms with van der Waals surface area (Å²) >= 11 is 0. The van der Waals surface area contributed by atoms with Crippen LogP contribution in [-0.2, 0) is 11.2 Å². The highest BCUT2D eigenvalue weighted by molar-refractivity contribution is 5.89. The molecule has 0 amide bonds. The van der Waals surface area contributed by atoms with E-state index in [1.165, 1.54) is 18.2 Å². The van der Waals surface area contributed by atoms with Crippen LogP contribution in [0.4, 0.5) is 5.69 Å². The van der Waals surface area contributed by atoms with Gasteiger partial charge in [0.25, 0.3) is 5.69 Å². The summed E-state index contributed by atoms with van der Waals surface area (Å²) in [6.07, 6.45) is 0.371. The monoisotopic (exact) mass is 237 g/mol. The highest BCUT2D eigenvalue weighted by Gasteiger charge is 2.40. The third-order valence-corrected chi connectivity index (χ3v) is 2.73. The highest BCUT2D eigenvalue weighted by atomic mass is 16.6. The summed E-state index contributed by atoms with van der Waals surface area (Å²) in [5.74, 6) is -1.08. The third-order valence-electron chi connectivity index (χ3n) is 2.73. The molecule has 2 rings (SSSR count). The summed E-state index contributed by atoms with van der Waals surface area (Å²) in [5, 5.41) is 19.6. The lowest BCUT2D eigenvalue weighted by Gasteiger charge is -2.08. The lowest BCUT2D eigenvalue weighted by atomic mass is 9.96.